The Kier molecular flexibility index (Phi) is 5.57. The number of rotatable bonds is 6. The smallest absolute Gasteiger partial charge is 0.225 e. The number of sulfonamides is 1. The van der Waals surface area contributed by atoms with Crippen molar-refractivity contribution in [3.63, 3.8) is 0 Å². The fourth-order valence-electron chi connectivity index (χ4n) is 2.45. The van der Waals surface area contributed by atoms with Gasteiger partial charge in [0.05, 0.1) is 31.2 Å². The van der Waals surface area contributed by atoms with Crippen LogP contribution in [0.3, 0.4) is 0 Å². The van der Waals surface area contributed by atoms with Gasteiger partial charge in [0.15, 0.2) is 0 Å². The van der Waals surface area contributed by atoms with Gasteiger partial charge < -0.3 is 9.64 Å². The molecule has 1 aromatic heterocycles. The van der Waals surface area contributed by atoms with Gasteiger partial charge in [-0.25, -0.2) is 27.5 Å². The fourth-order valence-corrected chi connectivity index (χ4v) is 3.57. The summed E-state index contributed by atoms with van der Waals surface area (Å²) in [5, 5.41) is 0. The molecule has 3 rings (SSSR count). The maximum absolute atomic E-state index is 13.6. The highest BCUT2D eigenvalue weighted by atomic mass is 32.2. The van der Waals surface area contributed by atoms with Crippen molar-refractivity contribution < 1.29 is 17.5 Å². The molecule has 0 radical (unpaired) electrons. The molecular formula is C16H19FN4O3S. The van der Waals surface area contributed by atoms with Crippen LogP contribution >= 0.6 is 0 Å². The lowest BCUT2D eigenvalue weighted by Gasteiger charge is -2.26. The number of morpholine rings is 1. The number of aromatic nitrogens is 2. The van der Waals surface area contributed by atoms with Gasteiger partial charge in [-0.15, -0.1) is 0 Å². The molecule has 1 N–H and O–H groups in total. The van der Waals surface area contributed by atoms with Gasteiger partial charge in [-0.05, 0) is 12.1 Å². The molecule has 7 nitrogen and oxygen atoms in total. The predicted molar refractivity (Wildman–Crippen MR) is 90.9 cm³/mol. The highest BCUT2D eigenvalue weighted by molar-refractivity contribution is 7.88. The molecule has 2 heterocycles. The number of nitrogens with one attached hydrogen (secondary N) is 1. The van der Waals surface area contributed by atoms with E-state index < -0.39 is 21.6 Å². The van der Waals surface area contributed by atoms with Crippen LogP contribution in [0.5, 0.6) is 0 Å². The highest BCUT2D eigenvalue weighted by Gasteiger charge is 2.16. The number of hydrogen-bond donors (Lipinski definition) is 1. The number of nitrogens with zero attached hydrogens (tertiary/aromatic N) is 3. The summed E-state index contributed by atoms with van der Waals surface area (Å²) in [6.45, 7) is 2.65. The van der Waals surface area contributed by atoms with Crippen LogP contribution in [0.15, 0.2) is 36.5 Å². The third kappa shape index (κ3) is 4.94. The standard InChI is InChI=1S/C16H19FN4O3S/c17-15-4-2-1-3-13(15)12-25(22,23)19-11-14-5-6-18-16(20-14)21-7-9-24-10-8-21/h1-6,19H,7-12H2. The number of ether oxygens (including phenoxy) is 1. The quantitative estimate of drug-likeness (QED) is 0.823. The van der Waals surface area contributed by atoms with Gasteiger partial charge in [0.2, 0.25) is 16.0 Å². The van der Waals surface area contributed by atoms with Crippen molar-refractivity contribution in [2.24, 2.45) is 0 Å². The minimum absolute atomic E-state index is 0.0245. The van der Waals surface area contributed by atoms with Crippen molar-refractivity contribution in [1.29, 1.82) is 0 Å². The Bertz CT molecular complexity index is 826. The van der Waals surface area contributed by atoms with E-state index in [-0.39, 0.29) is 12.1 Å². The topological polar surface area (TPSA) is 84.4 Å². The van der Waals surface area contributed by atoms with Crippen LogP contribution in [0.1, 0.15) is 11.3 Å². The second-order valence-electron chi connectivity index (χ2n) is 5.62. The molecule has 1 aromatic carbocycles. The molecule has 9 heteroatoms. The van der Waals surface area contributed by atoms with Crippen LogP contribution in [0.2, 0.25) is 0 Å². The largest absolute Gasteiger partial charge is 0.378 e. The third-order valence-electron chi connectivity index (χ3n) is 3.77. The second-order valence-corrected chi connectivity index (χ2v) is 7.43. The van der Waals surface area contributed by atoms with Gasteiger partial charge in [-0.3, -0.25) is 0 Å². The molecule has 0 saturated carbocycles. The molecule has 0 bridgehead atoms. The fraction of sp³-hybridized carbons (Fsp3) is 0.375. The zero-order valence-electron chi connectivity index (χ0n) is 13.6. The number of anilines is 1. The van der Waals surface area contributed by atoms with E-state index in [0.29, 0.717) is 37.9 Å². The molecule has 0 spiro atoms. The summed E-state index contributed by atoms with van der Waals surface area (Å²) in [6, 6.07) is 7.47. The van der Waals surface area contributed by atoms with Gasteiger partial charge in [-0.2, -0.15) is 0 Å². The van der Waals surface area contributed by atoms with E-state index in [2.05, 4.69) is 14.7 Å². The average molecular weight is 366 g/mol. The summed E-state index contributed by atoms with van der Waals surface area (Å²) >= 11 is 0. The number of hydrogen-bond acceptors (Lipinski definition) is 6. The zero-order valence-corrected chi connectivity index (χ0v) is 14.4. The lowest BCUT2D eigenvalue weighted by atomic mass is 10.2. The molecule has 0 atom stereocenters. The van der Waals surface area contributed by atoms with Crippen LogP contribution in [-0.2, 0) is 27.1 Å². The van der Waals surface area contributed by atoms with E-state index in [9.17, 15) is 12.8 Å². The molecule has 0 aliphatic carbocycles. The lowest BCUT2D eigenvalue weighted by Crippen LogP contribution is -2.37. The van der Waals surface area contributed by atoms with E-state index in [0.717, 1.165) is 0 Å². The molecule has 0 amide bonds. The zero-order chi connectivity index (χ0) is 17.7. The Morgan fingerprint density at radius 3 is 2.72 bits per heavy atom. The summed E-state index contributed by atoms with van der Waals surface area (Å²) in [5.74, 6) is -0.403. The average Bonchev–Trinajstić information content (AvgIpc) is 2.63. The molecule has 2 aromatic rings. The van der Waals surface area contributed by atoms with Crippen molar-refractivity contribution in [3.8, 4) is 0 Å². The Balaban J connectivity index is 1.63. The van der Waals surface area contributed by atoms with E-state index in [4.69, 9.17) is 4.74 Å². The highest BCUT2D eigenvalue weighted by Crippen LogP contribution is 2.12. The SMILES string of the molecule is O=S(=O)(Cc1ccccc1F)NCc1ccnc(N2CCOCC2)n1. The predicted octanol–water partition coefficient (Wildman–Crippen LogP) is 1.07. The van der Waals surface area contributed by atoms with Gasteiger partial charge in [-0.1, -0.05) is 18.2 Å². The maximum Gasteiger partial charge on any atom is 0.225 e. The molecule has 1 aliphatic rings. The Labute approximate surface area is 145 Å². The molecule has 25 heavy (non-hydrogen) atoms. The van der Waals surface area contributed by atoms with Crippen LogP contribution in [0, 0.1) is 5.82 Å². The first-order chi connectivity index (χ1) is 12.0. The van der Waals surface area contributed by atoms with Crippen LogP contribution in [0.4, 0.5) is 10.3 Å². The molecule has 134 valence electrons. The monoisotopic (exact) mass is 366 g/mol. The van der Waals surface area contributed by atoms with Gasteiger partial charge in [0, 0.05) is 24.8 Å². The first-order valence-corrected chi connectivity index (χ1v) is 9.54. The van der Waals surface area contributed by atoms with E-state index in [1.165, 1.54) is 18.2 Å². The van der Waals surface area contributed by atoms with Gasteiger partial charge >= 0.3 is 0 Å². The summed E-state index contributed by atoms with van der Waals surface area (Å²) in [5.41, 5.74) is 0.681. The lowest BCUT2D eigenvalue weighted by molar-refractivity contribution is 0.122. The van der Waals surface area contributed by atoms with Gasteiger partial charge in [0.1, 0.15) is 5.82 Å². The molecule has 1 fully saturated rings. The molecule has 0 unspecified atom stereocenters. The Morgan fingerprint density at radius 2 is 1.96 bits per heavy atom. The third-order valence-corrected chi connectivity index (χ3v) is 5.05. The Morgan fingerprint density at radius 1 is 1.20 bits per heavy atom. The maximum atomic E-state index is 13.6. The van der Waals surface area contributed by atoms with Crippen LogP contribution in [-0.4, -0.2) is 44.7 Å². The molecule has 1 saturated heterocycles. The second kappa shape index (κ2) is 7.85. The summed E-state index contributed by atoms with van der Waals surface area (Å²) < 4.78 is 45.7. The van der Waals surface area contributed by atoms with E-state index in [1.54, 1.807) is 18.3 Å². The summed E-state index contributed by atoms with van der Waals surface area (Å²) in [6.07, 6.45) is 1.60. The van der Waals surface area contributed by atoms with Crippen molar-refractivity contribution in [3.05, 3.63) is 53.6 Å². The van der Waals surface area contributed by atoms with E-state index in [1.807, 2.05) is 4.90 Å². The van der Waals surface area contributed by atoms with Crippen molar-refractivity contribution in [1.82, 2.24) is 14.7 Å². The number of benzene rings is 1. The first-order valence-electron chi connectivity index (χ1n) is 7.89. The Hall–Kier alpha value is -2.10. The van der Waals surface area contributed by atoms with Crippen molar-refractivity contribution >= 4 is 16.0 Å². The van der Waals surface area contributed by atoms with Crippen molar-refractivity contribution in [2.75, 3.05) is 31.2 Å². The number of halogens is 1. The summed E-state index contributed by atoms with van der Waals surface area (Å²) in [7, 11) is -3.68. The van der Waals surface area contributed by atoms with Gasteiger partial charge in [0.25, 0.3) is 0 Å². The van der Waals surface area contributed by atoms with E-state index >= 15 is 0 Å². The normalized spacial score (nSPS) is 15.3. The first kappa shape index (κ1) is 17.7. The minimum Gasteiger partial charge on any atom is -0.378 e. The van der Waals surface area contributed by atoms with Crippen LogP contribution < -0.4 is 9.62 Å². The molecule has 1 aliphatic heterocycles. The van der Waals surface area contributed by atoms with Crippen molar-refractivity contribution in [2.45, 2.75) is 12.3 Å². The van der Waals surface area contributed by atoms with Crippen LogP contribution in [0.25, 0.3) is 0 Å². The summed E-state index contributed by atoms with van der Waals surface area (Å²) in [4.78, 5) is 10.6. The minimum atomic E-state index is -3.68. The molecular weight excluding hydrogens is 347 g/mol.